The zero-order valence-electron chi connectivity index (χ0n) is 11.3. The Morgan fingerprint density at radius 2 is 1.83 bits per heavy atom. The van der Waals surface area contributed by atoms with E-state index in [0.29, 0.717) is 11.6 Å². The average molecular weight is 250 g/mol. The molecule has 4 nitrogen and oxygen atoms in total. The first kappa shape index (κ1) is 14.5. The second-order valence-electron chi connectivity index (χ2n) is 4.41. The number of nitrogens with zero attached hydrogens (tertiary/aromatic N) is 1. The third-order valence-electron chi connectivity index (χ3n) is 2.97. The molecule has 0 amide bonds. The number of benzene rings is 1. The molecule has 2 N–H and O–H groups in total. The number of carboxylic acids is 1. The Bertz CT molecular complexity index is 372. The van der Waals surface area contributed by atoms with Crippen molar-refractivity contribution in [1.82, 2.24) is 4.90 Å². The number of rotatable bonds is 7. The van der Waals surface area contributed by atoms with Crippen molar-refractivity contribution in [2.45, 2.75) is 26.8 Å². The Labute approximate surface area is 109 Å². The van der Waals surface area contributed by atoms with E-state index in [0.717, 1.165) is 25.3 Å². The van der Waals surface area contributed by atoms with Gasteiger partial charge in [-0.3, -0.25) is 0 Å². The molecule has 0 saturated heterocycles. The van der Waals surface area contributed by atoms with Gasteiger partial charge in [-0.2, -0.15) is 0 Å². The van der Waals surface area contributed by atoms with E-state index < -0.39 is 5.97 Å². The van der Waals surface area contributed by atoms with E-state index in [1.54, 1.807) is 12.1 Å². The van der Waals surface area contributed by atoms with Crippen LogP contribution in [0, 0.1) is 0 Å². The zero-order valence-corrected chi connectivity index (χ0v) is 11.3. The fourth-order valence-electron chi connectivity index (χ4n) is 1.91. The third-order valence-corrected chi connectivity index (χ3v) is 2.97. The fraction of sp³-hybridized carbons (Fsp3) is 0.500. The molecule has 1 rings (SSSR count). The van der Waals surface area contributed by atoms with Gasteiger partial charge >= 0.3 is 5.97 Å². The van der Waals surface area contributed by atoms with Crippen LogP contribution in [0.15, 0.2) is 24.3 Å². The number of anilines is 1. The standard InChI is InChI=1S/C14H22N2O2/c1-4-16(5-2)10-11(3)15-13-8-6-12(7-9-13)14(17)18/h6-9,11,15H,4-5,10H2,1-3H3,(H,17,18). The van der Waals surface area contributed by atoms with Crippen LogP contribution >= 0.6 is 0 Å². The van der Waals surface area contributed by atoms with E-state index in [-0.39, 0.29) is 0 Å². The molecule has 0 heterocycles. The lowest BCUT2D eigenvalue weighted by atomic mass is 10.2. The van der Waals surface area contributed by atoms with E-state index in [1.807, 2.05) is 12.1 Å². The number of nitrogens with one attached hydrogen (secondary N) is 1. The van der Waals surface area contributed by atoms with Crippen LogP contribution in [0.25, 0.3) is 0 Å². The first-order chi connectivity index (χ1) is 8.56. The molecule has 1 aromatic carbocycles. The van der Waals surface area contributed by atoms with Crippen LogP contribution in [-0.4, -0.2) is 41.7 Å². The van der Waals surface area contributed by atoms with Crippen LogP contribution in [0.1, 0.15) is 31.1 Å². The van der Waals surface area contributed by atoms with E-state index in [9.17, 15) is 4.79 Å². The molecule has 0 aliphatic heterocycles. The summed E-state index contributed by atoms with van der Waals surface area (Å²) >= 11 is 0. The summed E-state index contributed by atoms with van der Waals surface area (Å²) in [5.74, 6) is -0.891. The van der Waals surface area contributed by atoms with E-state index in [2.05, 4.69) is 31.0 Å². The van der Waals surface area contributed by atoms with Crippen molar-refractivity contribution in [3.63, 3.8) is 0 Å². The topological polar surface area (TPSA) is 52.6 Å². The molecule has 0 bridgehead atoms. The molecule has 0 spiro atoms. The minimum atomic E-state index is -0.891. The molecule has 0 fully saturated rings. The molecule has 1 aromatic rings. The lowest BCUT2D eigenvalue weighted by Gasteiger charge is -2.24. The molecule has 1 atom stereocenters. The maximum atomic E-state index is 10.7. The van der Waals surface area contributed by atoms with Gasteiger partial charge in [0.15, 0.2) is 0 Å². The van der Waals surface area contributed by atoms with E-state index >= 15 is 0 Å². The van der Waals surface area contributed by atoms with Crippen molar-refractivity contribution in [3.05, 3.63) is 29.8 Å². The van der Waals surface area contributed by atoms with Gasteiger partial charge in [0.2, 0.25) is 0 Å². The minimum absolute atomic E-state index is 0.317. The highest BCUT2D eigenvalue weighted by molar-refractivity contribution is 5.87. The third kappa shape index (κ3) is 4.37. The second kappa shape index (κ2) is 7.01. The highest BCUT2D eigenvalue weighted by atomic mass is 16.4. The SMILES string of the molecule is CCN(CC)CC(C)Nc1ccc(C(=O)O)cc1. The first-order valence-electron chi connectivity index (χ1n) is 6.39. The van der Waals surface area contributed by atoms with Crippen molar-refractivity contribution >= 4 is 11.7 Å². The predicted molar refractivity (Wildman–Crippen MR) is 74.3 cm³/mol. The van der Waals surface area contributed by atoms with Crippen molar-refractivity contribution in [1.29, 1.82) is 0 Å². The number of likely N-dealkylation sites (N-methyl/N-ethyl adjacent to an activating group) is 1. The Hall–Kier alpha value is -1.55. The highest BCUT2D eigenvalue weighted by Gasteiger charge is 2.07. The molecule has 18 heavy (non-hydrogen) atoms. The lowest BCUT2D eigenvalue weighted by molar-refractivity contribution is 0.0697. The molecule has 4 heteroatoms. The normalized spacial score (nSPS) is 12.4. The van der Waals surface area contributed by atoms with Gasteiger partial charge in [0, 0.05) is 18.3 Å². The van der Waals surface area contributed by atoms with E-state index in [4.69, 9.17) is 5.11 Å². The van der Waals surface area contributed by atoms with Gasteiger partial charge in [-0.05, 0) is 44.3 Å². The number of hydrogen-bond donors (Lipinski definition) is 2. The van der Waals surface area contributed by atoms with Crippen molar-refractivity contribution in [2.24, 2.45) is 0 Å². The molecule has 0 aromatic heterocycles. The van der Waals surface area contributed by atoms with Crippen LogP contribution in [-0.2, 0) is 0 Å². The van der Waals surface area contributed by atoms with Gasteiger partial charge in [0.25, 0.3) is 0 Å². The molecule has 0 saturated carbocycles. The van der Waals surface area contributed by atoms with Gasteiger partial charge in [-0.25, -0.2) is 4.79 Å². The van der Waals surface area contributed by atoms with Crippen LogP contribution < -0.4 is 5.32 Å². The Kier molecular flexibility index (Phi) is 5.65. The molecule has 0 radical (unpaired) electrons. The second-order valence-corrected chi connectivity index (χ2v) is 4.41. The summed E-state index contributed by atoms with van der Waals surface area (Å²) in [5, 5.41) is 12.2. The zero-order chi connectivity index (χ0) is 13.5. The summed E-state index contributed by atoms with van der Waals surface area (Å²) in [6, 6.07) is 7.19. The van der Waals surface area contributed by atoms with Gasteiger partial charge < -0.3 is 15.3 Å². The number of carbonyl (C=O) groups is 1. The van der Waals surface area contributed by atoms with E-state index in [1.165, 1.54) is 0 Å². The molecule has 0 aliphatic carbocycles. The molecule has 100 valence electrons. The van der Waals surface area contributed by atoms with Gasteiger partial charge in [0.1, 0.15) is 0 Å². The molecule has 0 aliphatic rings. The smallest absolute Gasteiger partial charge is 0.335 e. The predicted octanol–water partition coefficient (Wildman–Crippen LogP) is 2.53. The molecular weight excluding hydrogens is 228 g/mol. The van der Waals surface area contributed by atoms with Crippen LogP contribution in [0.3, 0.4) is 0 Å². The molecular formula is C14H22N2O2. The number of carboxylic acid groups (broad SMARTS) is 1. The van der Waals surface area contributed by atoms with Gasteiger partial charge in [-0.1, -0.05) is 13.8 Å². The average Bonchev–Trinajstić information content (AvgIpc) is 2.36. The van der Waals surface area contributed by atoms with Crippen LogP contribution in [0.2, 0.25) is 0 Å². The van der Waals surface area contributed by atoms with Crippen molar-refractivity contribution < 1.29 is 9.90 Å². The van der Waals surface area contributed by atoms with Crippen molar-refractivity contribution in [3.8, 4) is 0 Å². The number of hydrogen-bond acceptors (Lipinski definition) is 3. The largest absolute Gasteiger partial charge is 0.478 e. The maximum Gasteiger partial charge on any atom is 0.335 e. The summed E-state index contributed by atoms with van der Waals surface area (Å²) in [7, 11) is 0. The Morgan fingerprint density at radius 1 is 1.28 bits per heavy atom. The Balaban J connectivity index is 2.53. The quantitative estimate of drug-likeness (QED) is 0.781. The fourth-order valence-corrected chi connectivity index (χ4v) is 1.91. The van der Waals surface area contributed by atoms with Crippen LogP contribution in [0.4, 0.5) is 5.69 Å². The first-order valence-corrected chi connectivity index (χ1v) is 6.39. The van der Waals surface area contributed by atoms with Gasteiger partial charge in [-0.15, -0.1) is 0 Å². The Morgan fingerprint density at radius 3 is 2.28 bits per heavy atom. The summed E-state index contributed by atoms with van der Waals surface area (Å²) in [6.45, 7) is 9.49. The molecule has 1 unspecified atom stereocenters. The summed E-state index contributed by atoms with van der Waals surface area (Å²) in [4.78, 5) is 13.1. The highest BCUT2D eigenvalue weighted by Crippen LogP contribution is 2.11. The van der Waals surface area contributed by atoms with Gasteiger partial charge in [0.05, 0.1) is 5.56 Å². The summed E-state index contributed by atoms with van der Waals surface area (Å²) in [5.41, 5.74) is 1.27. The summed E-state index contributed by atoms with van der Waals surface area (Å²) < 4.78 is 0. The lowest BCUT2D eigenvalue weighted by Crippen LogP contribution is -2.34. The summed E-state index contributed by atoms with van der Waals surface area (Å²) in [6.07, 6.45) is 0. The maximum absolute atomic E-state index is 10.7. The van der Waals surface area contributed by atoms with Crippen LogP contribution in [0.5, 0.6) is 0 Å². The minimum Gasteiger partial charge on any atom is -0.478 e. The number of aromatic carboxylic acids is 1. The monoisotopic (exact) mass is 250 g/mol. The van der Waals surface area contributed by atoms with Crippen molar-refractivity contribution in [2.75, 3.05) is 25.0 Å².